The summed E-state index contributed by atoms with van der Waals surface area (Å²) in [6.45, 7) is 0. The van der Waals surface area contributed by atoms with Crippen LogP contribution in [0.5, 0.6) is 0 Å². The normalized spacial score (nSPS) is 10.5. The molecule has 1 aromatic carbocycles. The average Bonchev–Trinajstić information content (AvgIpc) is 2.96. The Balaban J connectivity index is 1.86. The van der Waals surface area contributed by atoms with Crippen LogP contribution in [0.4, 0.5) is 5.69 Å². The first-order chi connectivity index (χ1) is 10.1. The van der Waals surface area contributed by atoms with Gasteiger partial charge in [0.1, 0.15) is 5.65 Å². The van der Waals surface area contributed by atoms with Crippen LogP contribution in [-0.2, 0) is 0 Å². The highest BCUT2D eigenvalue weighted by atomic mass is 16.2. The molecule has 2 amide bonds. The summed E-state index contributed by atoms with van der Waals surface area (Å²) in [5.74, 6) is -0.770. The second-order valence-electron chi connectivity index (χ2n) is 4.48. The van der Waals surface area contributed by atoms with Gasteiger partial charge in [0.05, 0.1) is 5.56 Å². The number of hydrogen-bond donors (Lipinski definition) is 2. The molecular weight excluding hydrogens is 268 g/mol. The maximum atomic E-state index is 12.3. The van der Waals surface area contributed by atoms with Gasteiger partial charge in [0, 0.05) is 29.8 Å². The van der Waals surface area contributed by atoms with Crippen molar-refractivity contribution in [3.8, 4) is 0 Å². The predicted molar refractivity (Wildman–Crippen MR) is 78.1 cm³/mol. The molecule has 0 unspecified atom stereocenters. The molecular formula is C15H12N4O2. The molecule has 0 aliphatic carbocycles. The lowest BCUT2D eigenvalue weighted by Gasteiger charge is -2.06. The number of pyridine rings is 1. The molecule has 0 spiro atoms. The number of carbonyl (C=O) groups is 2. The van der Waals surface area contributed by atoms with E-state index in [0.29, 0.717) is 22.5 Å². The van der Waals surface area contributed by atoms with Crippen molar-refractivity contribution in [3.63, 3.8) is 0 Å². The third kappa shape index (κ3) is 2.46. The Morgan fingerprint density at radius 3 is 2.57 bits per heavy atom. The van der Waals surface area contributed by atoms with E-state index in [-0.39, 0.29) is 5.91 Å². The van der Waals surface area contributed by atoms with Gasteiger partial charge >= 0.3 is 0 Å². The molecule has 21 heavy (non-hydrogen) atoms. The molecule has 3 aromatic rings. The average molecular weight is 280 g/mol. The zero-order valence-corrected chi connectivity index (χ0v) is 11.0. The molecule has 6 heteroatoms. The highest BCUT2D eigenvalue weighted by molar-refractivity contribution is 6.08. The number of carbonyl (C=O) groups excluding carboxylic acids is 2. The topological polar surface area (TPSA) is 89.5 Å². The van der Waals surface area contributed by atoms with E-state index in [1.54, 1.807) is 53.2 Å². The number of aromatic nitrogens is 2. The molecule has 3 rings (SSSR count). The number of rotatable bonds is 3. The predicted octanol–water partition coefficient (Wildman–Crippen LogP) is 1.69. The molecule has 104 valence electrons. The second kappa shape index (κ2) is 5.09. The first kappa shape index (κ1) is 12.9. The molecule has 0 atom stereocenters. The monoisotopic (exact) mass is 280 g/mol. The van der Waals surface area contributed by atoms with Gasteiger partial charge in [-0.05, 0) is 36.4 Å². The van der Waals surface area contributed by atoms with Crippen molar-refractivity contribution in [1.29, 1.82) is 0 Å². The smallest absolute Gasteiger partial charge is 0.259 e. The molecule has 0 aliphatic rings. The fourth-order valence-electron chi connectivity index (χ4n) is 2.04. The van der Waals surface area contributed by atoms with E-state index in [4.69, 9.17) is 5.73 Å². The van der Waals surface area contributed by atoms with E-state index >= 15 is 0 Å². The number of nitrogens with one attached hydrogen (secondary N) is 1. The van der Waals surface area contributed by atoms with Crippen molar-refractivity contribution in [2.24, 2.45) is 5.73 Å². The van der Waals surface area contributed by atoms with E-state index in [1.165, 1.54) is 0 Å². The molecule has 0 aliphatic heterocycles. The number of benzene rings is 1. The Morgan fingerprint density at radius 1 is 1.10 bits per heavy atom. The lowest BCUT2D eigenvalue weighted by molar-refractivity contribution is 0.0998. The molecule has 6 nitrogen and oxygen atoms in total. The lowest BCUT2D eigenvalue weighted by Crippen LogP contribution is -2.14. The minimum atomic E-state index is -0.505. The van der Waals surface area contributed by atoms with E-state index in [9.17, 15) is 9.59 Å². The van der Waals surface area contributed by atoms with Gasteiger partial charge in [-0.3, -0.25) is 9.59 Å². The van der Waals surface area contributed by atoms with Gasteiger partial charge in [-0.2, -0.15) is 0 Å². The number of primary amides is 1. The second-order valence-corrected chi connectivity index (χ2v) is 4.48. The third-order valence-corrected chi connectivity index (χ3v) is 3.09. The standard InChI is InChI=1S/C15H12N4O2/c16-13(20)10-3-5-11(6-4-10)18-15(21)12-2-1-8-19-9-7-17-14(12)19/h1-9H,(H2,16,20)(H,18,21). The molecule has 0 fully saturated rings. The SMILES string of the molecule is NC(=O)c1ccc(NC(=O)c2cccn3ccnc23)cc1. The maximum Gasteiger partial charge on any atom is 0.259 e. The van der Waals surface area contributed by atoms with E-state index in [0.717, 1.165) is 0 Å². The van der Waals surface area contributed by atoms with Crippen molar-refractivity contribution >= 4 is 23.1 Å². The summed E-state index contributed by atoms with van der Waals surface area (Å²) >= 11 is 0. The molecule has 0 saturated carbocycles. The maximum absolute atomic E-state index is 12.3. The largest absolute Gasteiger partial charge is 0.366 e. The zero-order chi connectivity index (χ0) is 14.8. The highest BCUT2D eigenvalue weighted by Gasteiger charge is 2.11. The summed E-state index contributed by atoms with van der Waals surface area (Å²) in [5.41, 5.74) is 7.20. The van der Waals surface area contributed by atoms with Gasteiger partial charge < -0.3 is 15.5 Å². The Bertz CT molecular complexity index is 821. The number of imidazole rings is 1. The van der Waals surface area contributed by atoms with Crippen molar-refractivity contribution in [1.82, 2.24) is 9.38 Å². The minimum Gasteiger partial charge on any atom is -0.366 e. The van der Waals surface area contributed by atoms with Crippen LogP contribution in [-0.4, -0.2) is 21.2 Å². The van der Waals surface area contributed by atoms with E-state index < -0.39 is 5.91 Å². The number of hydrogen-bond acceptors (Lipinski definition) is 3. The van der Waals surface area contributed by atoms with Crippen molar-refractivity contribution in [2.45, 2.75) is 0 Å². The Kier molecular flexibility index (Phi) is 3.12. The molecule has 0 radical (unpaired) electrons. The number of anilines is 1. The van der Waals surface area contributed by atoms with Crippen molar-refractivity contribution in [3.05, 3.63) is 66.1 Å². The zero-order valence-electron chi connectivity index (χ0n) is 11.0. The fraction of sp³-hybridized carbons (Fsp3) is 0. The van der Waals surface area contributed by atoms with Gasteiger partial charge in [-0.15, -0.1) is 0 Å². The number of fused-ring (bicyclic) bond motifs is 1. The quantitative estimate of drug-likeness (QED) is 0.765. The summed E-state index contributed by atoms with van der Waals surface area (Å²) < 4.78 is 1.77. The van der Waals surface area contributed by atoms with Crippen LogP contribution in [0.15, 0.2) is 55.0 Å². The minimum absolute atomic E-state index is 0.265. The van der Waals surface area contributed by atoms with Crippen molar-refractivity contribution in [2.75, 3.05) is 5.32 Å². The van der Waals surface area contributed by atoms with Gasteiger partial charge in [-0.25, -0.2) is 4.98 Å². The number of nitrogens with zero attached hydrogens (tertiary/aromatic N) is 2. The van der Waals surface area contributed by atoms with Crippen LogP contribution in [0, 0.1) is 0 Å². The van der Waals surface area contributed by atoms with Crippen LogP contribution < -0.4 is 11.1 Å². The van der Waals surface area contributed by atoms with Crippen molar-refractivity contribution < 1.29 is 9.59 Å². The number of nitrogens with two attached hydrogens (primary N) is 1. The number of amides is 2. The first-order valence-electron chi connectivity index (χ1n) is 6.28. The molecule has 2 aromatic heterocycles. The fourth-order valence-corrected chi connectivity index (χ4v) is 2.04. The summed E-state index contributed by atoms with van der Waals surface area (Å²) in [6, 6.07) is 9.87. The van der Waals surface area contributed by atoms with E-state index in [2.05, 4.69) is 10.3 Å². The van der Waals surface area contributed by atoms with Gasteiger partial charge in [0.2, 0.25) is 5.91 Å². The Labute approximate surface area is 120 Å². The molecule has 2 heterocycles. The summed E-state index contributed by atoms with van der Waals surface area (Å²) in [4.78, 5) is 27.4. The molecule has 3 N–H and O–H groups in total. The first-order valence-corrected chi connectivity index (χ1v) is 6.28. The summed E-state index contributed by atoms with van der Waals surface area (Å²) in [6.07, 6.45) is 5.22. The molecule has 0 bridgehead atoms. The summed E-state index contributed by atoms with van der Waals surface area (Å²) in [7, 11) is 0. The van der Waals surface area contributed by atoms with Crippen LogP contribution in [0.3, 0.4) is 0 Å². The lowest BCUT2D eigenvalue weighted by atomic mass is 10.2. The van der Waals surface area contributed by atoms with Crippen LogP contribution in [0.25, 0.3) is 5.65 Å². The van der Waals surface area contributed by atoms with Gasteiger partial charge in [-0.1, -0.05) is 0 Å². The molecule has 0 saturated heterocycles. The summed E-state index contributed by atoms with van der Waals surface area (Å²) in [5, 5.41) is 2.76. The Hall–Kier alpha value is -3.15. The van der Waals surface area contributed by atoms with Crippen LogP contribution in [0.2, 0.25) is 0 Å². The third-order valence-electron chi connectivity index (χ3n) is 3.09. The van der Waals surface area contributed by atoms with Gasteiger partial charge in [0.25, 0.3) is 5.91 Å². The van der Waals surface area contributed by atoms with Crippen LogP contribution >= 0.6 is 0 Å². The highest BCUT2D eigenvalue weighted by Crippen LogP contribution is 2.14. The van der Waals surface area contributed by atoms with Crippen LogP contribution in [0.1, 0.15) is 20.7 Å². The van der Waals surface area contributed by atoms with E-state index in [1.807, 2.05) is 6.20 Å². The Morgan fingerprint density at radius 2 is 1.86 bits per heavy atom. The van der Waals surface area contributed by atoms with Gasteiger partial charge in [0.15, 0.2) is 0 Å².